The maximum Gasteiger partial charge on any atom is 0.410 e. The molecule has 2 aromatic carbocycles. The fourth-order valence-corrected chi connectivity index (χ4v) is 4.87. The highest BCUT2D eigenvalue weighted by Crippen LogP contribution is 2.33. The number of carbonyl (C=O) groups excluding carboxylic acids is 1. The van der Waals surface area contributed by atoms with Gasteiger partial charge in [-0.25, -0.2) is 14.8 Å². The number of nitrogens with one attached hydrogen (secondary N) is 1. The summed E-state index contributed by atoms with van der Waals surface area (Å²) in [5.74, 6) is 2.13. The van der Waals surface area contributed by atoms with E-state index in [1.807, 2.05) is 77.1 Å². The van der Waals surface area contributed by atoms with Crippen LogP contribution in [0.3, 0.4) is 0 Å². The molecule has 4 aromatic rings. The lowest BCUT2D eigenvalue weighted by Gasteiger charge is -2.29. The standard InChI is InChI=1S/C30H32ClN5O3/c1-18-26(19(2)39-35-18)22-9-10-25-24(16-22)28(32-17-20-7-6-8-23(31)15-20)34-27(33-25)21-11-13-36(14-12-21)29(37)38-30(3,4)5/h6-11,15-16H,12-14,17H2,1-5H3,(H,32,33,34). The Morgan fingerprint density at radius 1 is 1.15 bits per heavy atom. The van der Waals surface area contributed by atoms with E-state index in [0.717, 1.165) is 50.4 Å². The maximum absolute atomic E-state index is 12.5. The Hall–Kier alpha value is -3.91. The normalized spacial score (nSPS) is 13.9. The summed E-state index contributed by atoms with van der Waals surface area (Å²) in [4.78, 5) is 24.1. The molecule has 0 aliphatic carbocycles. The number of halogens is 1. The van der Waals surface area contributed by atoms with Crippen molar-refractivity contribution in [1.29, 1.82) is 0 Å². The third-order valence-corrected chi connectivity index (χ3v) is 6.75. The molecule has 0 radical (unpaired) electrons. The van der Waals surface area contributed by atoms with Crippen LogP contribution in [0.15, 0.2) is 53.1 Å². The number of nitrogens with zero attached hydrogens (tertiary/aromatic N) is 4. The van der Waals surface area contributed by atoms with Crippen LogP contribution in [0.4, 0.5) is 10.6 Å². The average Bonchev–Trinajstić information content (AvgIpc) is 3.23. The Labute approximate surface area is 233 Å². The van der Waals surface area contributed by atoms with Crippen molar-refractivity contribution in [3.8, 4) is 11.1 Å². The van der Waals surface area contributed by atoms with E-state index in [9.17, 15) is 4.79 Å². The Morgan fingerprint density at radius 2 is 1.97 bits per heavy atom. The molecular formula is C30H32ClN5O3. The van der Waals surface area contributed by atoms with Crippen LogP contribution in [-0.2, 0) is 11.3 Å². The van der Waals surface area contributed by atoms with Crippen LogP contribution in [0, 0.1) is 13.8 Å². The molecule has 39 heavy (non-hydrogen) atoms. The highest BCUT2D eigenvalue weighted by molar-refractivity contribution is 6.30. The van der Waals surface area contributed by atoms with Crippen LogP contribution < -0.4 is 5.32 Å². The molecule has 0 bridgehead atoms. The summed E-state index contributed by atoms with van der Waals surface area (Å²) in [6.07, 6.45) is 2.33. The van der Waals surface area contributed by atoms with Crippen LogP contribution in [-0.4, -0.2) is 44.8 Å². The lowest BCUT2D eigenvalue weighted by molar-refractivity contribution is 0.0270. The second-order valence-corrected chi connectivity index (χ2v) is 11.2. The quantitative estimate of drug-likeness (QED) is 0.283. The Morgan fingerprint density at radius 3 is 2.64 bits per heavy atom. The highest BCUT2D eigenvalue weighted by Gasteiger charge is 2.25. The maximum atomic E-state index is 12.5. The van der Waals surface area contributed by atoms with Gasteiger partial charge in [-0.3, -0.25) is 0 Å². The van der Waals surface area contributed by atoms with E-state index in [2.05, 4.69) is 16.5 Å². The molecule has 1 aliphatic rings. The van der Waals surface area contributed by atoms with Crippen molar-refractivity contribution >= 4 is 40.0 Å². The number of carbonyl (C=O) groups is 1. The fourth-order valence-electron chi connectivity index (χ4n) is 4.65. The van der Waals surface area contributed by atoms with Crippen LogP contribution in [0.25, 0.3) is 27.6 Å². The van der Waals surface area contributed by atoms with Crippen molar-refractivity contribution in [2.75, 3.05) is 18.4 Å². The summed E-state index contributed by atoms with van der Waals surface area (Å²) in [5.41, 5.74) is 5.12. The number of ether oxygens (including phenoxy) is 1. The van der Waals surface area contributed by atoms with Gasteiger partial charge in [0.05, 0.1) is 11.2 Å². The predicted octanol–water partition coefficient (Wildman–Crippen LogP) is 7.19. The molecule has 1 amide bonds. The van der Waals surface area contributed by atoms with Crippen molar-refractivity contribution in [3.05, 3.63) is 76.4 Å². The Bertz CT molecular complexity index is 1550. The first kappa shape index (κ1) is 26.7. The van der Waals surface area contributed by atoms with Crippen LogP contribution >= 0.6 is 11.6 Å². The van der Waals surface area contributed by atoms with Gasteiger partial charge in [-0.15, -0.1) is 0 Å². The minimum absolute atomic E-state index is 0.312. The van der Waals surface area contributed by atoms with Gasteiger partial charge >= 0.3 is 6.09 Å². The largest absolute Gasteiger partial charge is 0.444 e. The van der Waals surface area contributed by atoms with Crippen molar-refractivity contribution in [2.24, 2.45) is 0 Å². The minimum atomic E-state index is -0.533. The molecule has 1 N–H and O–H groups in total. The molecule has 5 rings (SSSR count). The van der Waals surface area contributed by atoms with Crippen molar-refractivity contribution < 1.29 is 14.1 Å². The van der Waals surface area contributed by atoms with Gasteiger partial charge in [0, 0.05) is 35.6 Å². The fraction of sp³-hybridized carbons (Fsp3) is 0.333. The van der Waals surface area contributed by atoms with Crippen molar-refractivity contribution in [1.82, 2.24) is 20.0 Å². The Kier molecular flexibility index (Phi) is 7.32. The van der Waals surface area contributed by atoms with Crippen LogP contribution in [0.1, 0.15) is 50.0 Å². The minimum Gasteiger partial charge on any atom is -0.444 e. The van der Waals surface area contributed by atoms with Gasteiger partial charge in [-0.2, -0.15) is 0 Å². The SMILES string of the molecule is Cc1noc(C)c1-c1ccc2nc(C3=CCN(C(=O)OC(C)(C)C)CC3)nc(NCc3cccc(Cl)c3)c2c1. The van der Waals surface area contributed by atoms with E-state index >= 15 is 0 Å². The number of fused-ring (bicyclic) bond motifs is 1. The molecule has 3 heterocycles. The monoisotopic (exact) mass is 545 g/mol. The van der Waals surface area contributed by atoms with Gasteiger partial charge in [0.25, 0.3) is 0 Å². The summed E-state index contributed by atoms with van der Waals surface area (Å²) in [6.45, 7) is 11.0. The molecule has 0 unspecified atom stereocenters. The average molecular weight is 546 g/mol. The molecule has 0 fully saturated rings. The summed E-state index contributed by atoms with van der Waals surface area (Å²) >= 11 is 6.21. The predicted molar refractivity (Wildman–Crippen MR) is 154 cm³/mol. The molecule has 9 heteroatoms. The third-order valence-electron chi connectivity index (χ3n) is 6.51. The zero-order chi connectivity index (χ0) is 27.7. The van der Waals surface area contributed by atoms with Gasteiger partial charge in [-0.1, -0.05) is 41.0 Å². The van der Waals surface area contributed by atoms with Crippen LogP contribution in [0.5, 0.6) is 0 Å². The molecule has 0 saturated heterocycles. The lowest BCUT2D eigenvalue weighted by atomic mass is 10.0. The highest BCUT2D eigenvalue weighted by atomic mass is 35.5. The first-order valence-corrected chi connectivity index (χ1v) is 13.4. The summed E-state index contributed by atoms with van der Waals surface area (Å²) in [6, 6.07) is 13.9. The molecule has 0 atom stereocenters. The first-order chi connectivity index (χ1) is 18.6. The van der Waals surface area contributed by atoms with E-state index in [-0.39, 0.29) is 6.09 Å². The molecule has 1 aliphatic heterocycles. The molecule has 2 aromatic heterocycles. The van der Waals surface area contributed by atoms with Gasteiger partial charge in [0.15, 0.2) is 5.82 Å². The topological polar surface area (TPSA) is 93.4 Å². The number of amides is 1. The van der Waals surface area contributed by atoms with Crippen molar-refractivity contribution in [3.63, 3.8) is 0 Å². The van der Waals surface area contributed by atoms with E-state index < -0.39 is 5.60 Å². The number of aryl methyl sites for hydroxylation is 2. The number of aromatic nitrogens is 3. The number of rotatable bonds is 5. The van der Waals surface area contributed by atoms with E-state index in [0.29, 0.717) is 36.9 Å². The Balaban J connectivity index is 1.50. The molecule has 0 spiro atoms. The number of hydrogen-bond acceptors (Lipinski definition) is 7. The molecule has 0 saturated carbocycles. The van der Waals surface area contributed by atoms with Gasteiger partial charge in [0.2, 0.25) is 0 Å². The second kappa shape index (κ2) is 10.7. The van der Waals surface area contributed by atoms with E-state index in [1.165, 1.54) is 0 Å². The van der Waals surface area contributed by atoms with Gasteiger partial charge in [-0.05, 0) is 82.0 Å². The molecular weight excluding hydrogens is 514 g/mol. The smallest absolute Gasteiger partial charge is 0.410 e. The summed E-state index contributed by atoms with van der Waals surface area (Å²) in [7, 11) is 0. The number of hydrogen-bond donors (Lipinski definition) is 1. The number of anilines is 1. The first-order valence-electron chi connectivity index (χ1n) is 13.0. The summed E-state index contributed by atoms with van der Waals surface area (Å²) < 4.78 is 10.9. The molecule has 8 nitrogen and oxygen atoms in total. The van der Waals surface area contributed by atoms with Gasteiger partial charge in [0.1, 0.15) is 17.2 Å². The van der Waals surface area contributed by atoms with Crippen molar-refractivity contribution in [2.45, 2.75) is 53.2 Å². The zero-order valence-electron chi connectivity index (χ0n) is 22.8. The molecule has 202 valence electrons. The zero-order valence-corrected chi connectivity index (χ0v) is 23.6. The summed E-state index contributed by atoms with van der Waals surface area (Å²) in [5, 5.41) is 9.20. The lowest BCUT2D eigenvalue weighted by Crippen LogP contribution is -2.39. The number of benzene rings is 2. The van der Waals surface area contributed by atoms with Crippen LogP contribution in [0.2, 0.25) is 5.02 Å². The van der Waals surface area contributed by atoms with E-state index in [4.69, 9.17) is 30.8 Å². The second-order valence-electron chi connectivity index (χ2n) is 10.7. The van der Waals surface area contributed by atoms with Gasteiger partial charge < -0.3 is 19.5 Å². The third kappa shape index (κ3) is 6.06. The van der Waals surface area contributed by atoms with E-state index in [1.54, 1.807) is 4.90 Å².